The van der Waals surface area contributed by atoms with E-state index in [1.165, 1.54) is 22.3 Å². The van der Waals surface area contributed by atoms with Gasteiger partial charge in [-0.15, -0.1) is 29.3 Å². The topological polar surface area (TPSA) is 210 Å². The molecule has 0 radical (unpaired) electrons. The SMILES string of the molecule is C=C[C@@H]1C[C@@]1(NC(=O)[C@@H]1C[C@@H](Oc2cc(-c3csc(NC(C)C)n3)nc3cc(OC)ccc23)CN1C(=O)[C@@H](NS(=O)(=O)c1cccs1)C(C)(C)C)C(=O)NNC(=O)c1ccccc1. The van der Waals surface area contributed by atoms with Crippen LogP contribution in [0, 0.1) is 11.3 Å². The van der Waals surface area contributed by atoms with Crippen LogP contribution >= 0.6 is 22.7 Å². The Morgan fingerprint density at radius 3 is 2.40 bits per heavy atom. The minimum absolute atomic E-state index is 0.0260. The number of sulfonamides is 1. The van der Waals surface area contributed by atoms with Crippen LogP contribution < -0.4 is 35.7 Å². The van der Waals surface area contributed by atoms with E-state index in [0.717, 1.165) is 16.5 Å². The number of hydrogen-bond donors (Lipinski definition) is 5. The lowest BCUT2D eigenvalue weighted by Crippen LogP contribution is -2.60. The summed E-state index contributed by atoms with van der Waals surface area (Å²) in [7, 11) is -2.59. The number of rotatable bonds is 15. The van der Waals surface area contributed by atoms with Gasteiger partial charge in [-0.25, -0.2) is 18.4 Å². The van der Waals surface area contributed by atoms with E-state index in [-0.39, 0.29) is 29.6 Å². The summed E-state index contributed by atoms with van der Waals surface area (Å²) in [6.07, 6.45) is 0.906. The lowest BCUT2D eigenvalue weighted by molar-refractivity contribution is -0.142. The largest absolute Gasteiger partial charge is 0.497 e. The standard InChI is InChI=1S/C44H50N8O8S3/c1-8-27-22-44(27,41(56)50-49-38(53)26-13-10-9-11-14-26)48-39(54)34-20-29(23-52(34)40(55)37(43(4,5)6)51-63(57,58)36-15-12-18-61-36)60-35-21-32(33-24-62-42(47-33)45-25(2)3)46-31-19-28(59-7)16-17-30(31)35/h8-19,21,24-25,27,29,34,37,51H,1,20,22-23H2,2-7H3,(H,45,47)(H,48,54)(H,49,53)(H,50,56)/t27-,29-,34+,37-,44+/m1/s1. The maximum atomic E-state index is 14.9. The summed E-state index contributed by atoms with van der Waals surface area (Å²) in [5.74, 6) is -2.07. The molecule has 4 amide bonds. The highest BCUT2D eigenvalue weighted by atomic mass is 32.2. The molecule has 3 aromatic heterocycles. The number of fused-ring (bicyclic) bond motifs is 1. The zero-order valence-electron chi connectivity index (χ0n) is 35.6. The van der Waals surface area contributed by atoms with Crippen LogP contribution in [-0.4, -0.2) is 90.3 Å². The zero-order chi connectivity index (χ0) is 45.3. The van der Waals surface area contributed by atoms with Crippen LogP contribution in [0.4, 0.5) is 5.13 Å². The third kappa shape index (κ3) is 9.86. The summed E-state index contributed by atoms with van der Waals surface area (Å²) >= 11 is 2.45. The molecule has 0 unspecified atom stereocenters. The number of methoxy groups -OCH3 is 1. The molecule has 5 atom stereocenters. The van der Waals surface area contributed by atoms with Gasteiger partial charge in [-0.05, 0) is 61.4 Å². The number of hydrazine groups is 1. The van der Waals surface area contributed by atoms with Crippen molar-refractivity contribution in [1.82, 2.24) is 35.8 Å². The molecule has 1 aliphatic heterocycles. The Morgan fingerprint density at radius 1 is 0.984 bits per heavy atom. The number of nitrogens with zero attached hydrogens (tertiary/aromatic N) is 3. The molecule has 5 N–H and O–H groups in total. The highest BCUT2D eigenvalue weighted by molar-refractivity contribution is 7.91. The van der Waals surface area contributed by atoms with E-state index < -0.39 is 68.7 Å². The molecule has 16 nitrogen and oxygen atoms in total. The van der Waals surface area contributed by atoms with Crippen molar-refractivity contribution in [2.45, 2.75) is 81.4 Å². The number of pyridine rings is 1. The summed E-state index contributed by atoms with van der Waals surface area (Å²) in [6.45, 7) is 13.0. The van der Waals surface area contributed by atoms with E-state index in [4.69, 9.17) is 19.4 Å². The molecule has 0 spiro atoms. The van der Waals surface area contributed by atoms with E-state index in [1.807, 2.05) is 25.3 Å². The molecule has 332 valence electrons. The van der Waals surface area contributed by atoms with E-state index in [9.17, 15) is 27.6 Å². The Balaban J connectivity index is 1.21. The number of carbonyl (C=O) groups excluding carboxylic acids is 4. The number of ether oxygens (including phenoxy) is 2. The fraction of sp³-hybridized carbons (Fsp3) is 0.364. The summed E-state index contributed by atoms with van der Waals surface area (Å²) in [4.78, 5) is 67.1. The second kappa shape index (κ2) is 18.1. The number of likely N-dealkylation sites (tertiary alicyclic amines) is 1. The van der Waals surface area contributed by atoms with Crippen LogP contribution in [0.5, 0.6) is 11.5 Å². The molecule has 1 saturated heterocycles. The number of nitrogens with one attached hydrogen (secondary N) is 5. The molecular weight excluding hydrogens is 865 g/mol. The Labute approximate surface area is 373 Å². The summed E-state index contributed by atoms with van der Waals surface area (Å²) in [5, 5.41) is 11.1. The molecule has 1 aliphatic carbocycles. The third-order valence-corrected chi connectivity index (χ3v) is 14.4. The molecule has 0 bridgehead atoms. The highest BCUT2D eigenvalue weighted by Crippen LogP contribution is 2.45. The summed E-state index contributed by atoms with van der Waals surface area (Å²) in [5.41, 5.74) is 4.40. The van der Waals surface area contributed by atoms with Crippen molar-refractivity contribution in [3.05, 3.63) is 95.7 Å². The summed E-state index contributed by atoms with van der Waals surface area (Å²) < 4.78 is 42.1. The van der Waals surface area contributed by atoms with E-state index >= 15 is 0 Å². The van der Waals surface area contributed by atoms with Gasteiger partial charge in [0, 0.05) is 46.8 Å². The number of thiazole rings is 1. The van der Waals surface area contributed by atoms with Gasteiger partial charge in [0.1, 0.15) is 45.1 Å². The normalized spacial score (nSPS) is 20.2. The zero-order valence-corrected chi connectivity index (χ0v) is 38.1. The number of carbonyl (C=O) groups is 4. The minimum atomic E-state index is -4.15. The van der Waals surface area contributed by atoms with Gasteiger partial charge in [0.15, 0.2) is 5.13 Å². The quantitative estimate of drug-likeness (QED) is 0.0653. The number of hydrogen-bond acceptors (Lipinski definition) is 13. The molecule has 19 heteroatoms. The van der Waals surface area contributed by atoms with Crippen LogP contribution in [-0.2, 0) is 24.4 Å². The van der Waals surface area contributed by atoms with Gasteiger partial charge in [-0.3, -0.25) is 30.0 Å². The number of anilines is 1. The monoisotopic (exact) mass is 914 g/mol. The maximum Gasteiger partial charge on any atom is 0.269 e. The van der Waals surface area contributed by atoms with Gasteiger partial charge >= 0.3 is 0 Å². The predicted octanol–water partition coefficient (Wildman–Crippen LogP) is 5.51. The van der Waals surface area contributed by atoms with Crippen molar-refractivity contribution < 1.29 is 37.1 Å². The lowest BCUT2D eigenvalue weighted by Gasteiger charge is -2.35. The van der Waals surface area contributed by atoms with Crippen molar-refractivity contribution in [3.63, 3.8) is 0 Å². The Bertz CT molecular complexity index is 2630. The predicted molar refractivity (Wildman–Crippen MR) is 242 cm³/mol. The average molecular weight is 915 g/mol. The molecule has 4 heterocycles. The molecule has 2 aromatic carbocycles. The van der Waals surface area contributed by atoms with Gasteiger partial charge < -0.3 is 25.0 Å². The molecule has 7 rings (SSSR count). The van der Waals surface area contributed by atoms with Crippen LogP contribution in [0.2, 0.25) is 0 Å². The first-order chi connectivity index (χ1) is 29.9. The van der Waals surface area contributed by atoms with Crippen LogP contribution in [0.3, 0.4) is 0 Å². The average Bonchev–Trinajstić information content (AvgIpc) is 3.72. The first kappa shape index (κ1) is 45.1. The van der Waals surface area contributed by atoms with Crippen LogP contribution in [0.1, 0.15) is 57.8 Å². The molecule has 2 aliphatic rings. The second-order valence-corrected chi connectivity index (χ2v) is 20.6. The van der Waals surface area contributed by atoms with Crippen molar-refractivity contribution in [3.8, 4) is 22.9 Å². The maximum absolute atomic E-state index is 14.9. The van der Waals surface area contributed by atoms with Gasteiger partial charge in [0.2, 0.25) is 11.8 Å². The number of aromatic nitrogens is 2. The Kier molecular flexibility index (Phi) is 12.9. The number of thiophene rings is 1. The van der Waals surface area contributed by atoms with E-state index in [0.29, 0.717) is 39.4 Å². The Morgan fingerprint density at radius 2 is 1.75 bits per heavy atom. The van der Waals surface area contributed by atoms with Crippen molar-refractivity contribution >= 4 is 72.4 Å². The fourth-order valence-electron chi connectivity index (χ4n) is 7.41. The van der Waals surface area contributed by atoms with Crippen LogP contribution in [0.25, 0.3) is 22.3 Å². The molecule has 2 fully saturated rings. The third-order valence-electron chi connectivity index (χ3n) is 10.8. The van der Waals surface area contributed by atoms with Crippen molar-refractivity contribution in [1.29, 1.82) is 0 Å². The highest BCUT2D eigenvalue weighted by Gasteiger charge is 2.61. The van der Waals surface area contributed by atoms with E-state index in [2.05, 4.69) is 32.8 Å². The fourth-order valence-corrected chi connectivity index (χ4v) is 10.7. The second-order valence-electron chi connectivity index (χ2n) is 16.8. The number of benzene rings is 2. The first-order valence-electron chi connectivity index (χ1n) is 20.3. The van der Waals surface area contributed by atoms with Crippen molar-refractivity contribution in [2.24, 2.45) is 11.3 Å². The molecule has 5 aromatic rings. The summed E-state index contributed by atoms with van der Waals surface area (Å²) in [6, 6.07) is 16.1. The Hall–Kier alpha value is -5.89. The molecule has 1 saturated carbocycles. The lowest BCUT2D eigenvalue weighted by atomic mass is 9.86. The molecule has 63 heavy (non-hydrogen) atoms. The van der Waals surface area contributed by atoms with E-state index in [1.54, 1.807) is 93.9 Å². The van der Waals surface area contributed by atoms with Crippen molar-refractivity contribution in [2.75, 3.05) is 19.0 Å². The van der Waals surface area contributed by atoms with Gasteiger partial charge in [0.05, 0.1) is 24.9 Å². The van der Waals surface area contributed by atoms with Gasteiger partial charge in [-0.2, -0.15) is 4.72 Å². The van der Waals surface area contributed by atoms with Gasteiger partial charge in [0.25, 0.3) is 21.8 Å². The molecular formula is C44H50N8O8S3. The van der Waals surface area contributed by atoms with Crippen LogP contribution in [0.15, 0.2) is 94.4 Å². The smallest absolute Gasteiger partial charge is 0.269 e. The van der Waals surface area contributed by atoms with Gasteiger partial charge in [-0.1, -0.05) is 51.1 Å². The first-order valence-corrected chi connectivity index (χ1v) is 23.5. The number of amides is 4. The minimum Gasteiger partial charge on any atom is -0.497 e.